The minimum Gasteiger partial charge on any atom is -0.362 e. The zero-order valence-corrected chi connectivity index (χ0v) is 11.8. The Morgan fingerprint density at radius 1 is 1.17 bits per heavy atom. The highest BCUT2D eigenvalue weighted by Gasteiger charge is 2.17. The second-order valence-electron chi connectivity index (χ2n) is 5.33. The van der Waals surface area contributed by atoms with Crippen molar-refractivity contribution in [2.24, 2.45) is 11.8 Å². The molecule has 18 heavy (non-hydrogen) atoms. The molecule has 0 spiro atoms. The van der Waals surface area contributed by atoms with Crippen LogP contribution in [-0.2, 0) is 0 Å². The van der Waals surface area contributed by atoms with Crippen molar-refractivity contribution in [1.82, 2.24) is 5.32 Å². The van der Waals surface area contributed by atoms with Crippen molar-refractivity contribution in [2.75, 3.05) is 11.9 Å². The van der Waals surface area contributed by atoms with Gasteiger partial charge in [-0.15, -0.1) is 0 Å². The van der Waals surface area contributed by atoms with Crippen molar-refractivity contribution in [1.29, 1.82) is 0 Å². The van der Waals surface area contributed by atoms with Crippen LogP contribution in [0.3, 0.4) is 0 Å². The van der Waals surface area contributed by atoms with Crippen LogP contribution in [0.4, 0.5) is 5.69 Å². The van der Waals surface area contributed by atoms with Gasteiger partial charge >= 0.3 is 0 Å². The zero-order chi connectivity index (χ0) is 12.8. The van der Waals surface area contributed by atoms with Gasteiger partial charge in [0.1, 0.15) is 0 Å². The van der Waals surface area contributed by atoms with Crippen LogP contribution in [0.5, 0.6) is 0 Å². The first-order valence-electron chi connectivity index (χ1n) is 6.84. The van der Waals surface area contributed by atoms with Gasteiger partial charge in [-0.2, -0.15) is 0 Å². The van der Waals surface area contributed by atoms with E-state index in [2.05, 4.69) is 17.6 Å². The molecule has 0 saturated heterocycles. The van der Waals surface area contributed by atoms with E-state index in [4.69, 9.17) is 12.2 Å². The molecule has 3 heteroatoms. The third kappa shape index (κ3) is 4.30. The van der Waals surface area contributed by atoms with Crippen LogP contribution in [0.2, 0.25) is 0 Å². The summed E-state index contributed by atoms with van der Waals surface area (Å²) in [5.41, 5.74) is 1.05. The molecule has 0 atom stereocenters. The highest BCUT2D eigenvalue weighted by Crippen LogP contribution is 2.27. The largest absolute Gasteiger partial charge is 0.362 e. The molecule has 0 unspecified atom stereocenters. The summed E-state index contributed by atoms with van der Waals surface area (Å²) in [4.78, 5) is 0. The van der Waals surface area contributed by atoms with Crippen LogP contribution in [0.25, 0.3) is 0 Å². The van der Waals surface area contributed by atoms with E-state index in [1.54, 1.807) is 0 Å². The van der Waals surface area contributed by atoms with Gasteiger partial charge in [0, 0.05) is 12.2 Å². The van der Waals surface area contributed by atoms with Crippen molar-refractivity contribution in [3.05, 3.63) is 30.3 Å². The fourth-order valence-corrected chi connectivity index (χ4v) is 2.67. The third-order valence-corrected chi connectivity index (χ3v) is 3.96. The number of anilines is 1. The molecule has 1 aliphatic carbocycles. The topological polar surface area (TPSA) is 24.1 Å². The lowest BCUT2D eigenvalue weighted by Gasteiger charge is -2.26. The molecule has 0 bridgehead atoms. The fraction of sp³-hybridized carbons (Fsp3) is 0.533. The van der Waals surface area contributed by atoms with Gasteiger partial charge in [-0.05, 0) is 49.0 Å². The van der Waals surface area contributed by atoms with Gasteiger partial charge in [-0.3, -0.25) is 0 Å². The quantitative estimate of drug-likeness (QED) is 0.810. The van der Waals surface area contributed by atoms with E-state index in [-0.39, 0.29) is 0 Å². The Morgan fingerprint density at radius 2 is 1.83 bits per heavy atom. The molecule has 2 N–H and O–H groups in total. The first-order valence-corrected chi connectivity index (χ1v) is 7.25. The summed E-state index contributed by atoms with van der Waals surface area (Å²) in [5.74, 6) is 1.70. The highest BCUT2D eigenvalue weighted by atomic mass is 32.1. The molecule has 0 amide bonds. The smallest absolute Gasteiger partial charge is 0.170 e. The van der Waals surface area contributed by atoms with Crippen LogP contribution in [-0.4, -0.2) is 11.7 Å². The summed E-state index contributed by atoms with van der Waals surface area (Å²) in [5, 5.41) is 7.28. The van der Waals surface area contributed by atoms with Crippen LogP contribution in [0, 0.1) is 11.8 Å². The summed E-state index contributed by atoms with van der Waals surface area (Å²) in [7, 11) is 0. The summed E-state index contributed by atoms with van der Waals surface area (Å²) < 4.78 is 0. The predicted molar refractivity (Wildman–Crippen MR) is 81.8 cm³/mol. The second kappa shape index (κ2) is 6.74. The summed E-state index contributed by atoms with van der Waals surface area (Å²) in [6.45, 7) is 3.36. The Kier molecular flexibility index (Phi) is 5.00. The molecule has 0 heterocycles. The number of para-hydroxylation sites is 1. The molecule has 1 aromatic rings. The van der Waals surface area contributed by atoms with Crippen LogP contribution < -0.4 is 10.6 Å². The van der Waals surface area contributed by atoms with Crippen molar-refractivity contribution < 1.29 is 0 Å². The van der Waals surface area contributed by atoms with E-state index >= 15 is 0 Å². The van der Waals surface area contributed by atoms with Gasteiger partial charge in [0.2, 0.25) is 0 Å². The fourth-order valence-electron chi connectivity index (χ4n) is 2.47. The summed E-state index contributed by atoms with van der Waals surface area (Å²) in [6, 6.07) is 10.1. The SMILES string of the molecule is CC1CCC(CNC(=S)Nc2ccccc2)CC1. The molecule has 1 saturated carbocycles. The Morgan fingerprint density at radius 3 is 2.50 bits per heavy atom. The molecular weight excluding hydrogens is 240 g/mol. The van der Waals surface area contributed by atoms with Gasteiger partial charge in [-0.25, -0.2) is 0 Å². The zero-order valence-electron chi connectivity index (χ0n) is 11.0. The van der Waals surface area contributed by atoms with Crippen molar-refractivity contribution in [2.45, 2.75) is 32.6 Å². The number of hydrogen-bond acceptors (Lipinski definition) is 1. The van der Waals surface area contributed by atoms with Crippen molar-refractivity contribution in [3.63, 3.8) is 0 Å². The molecule has 1 aromatic carbocycles. The van der Waals surface area contributed by atoms with E-state index in [1.807, 2.05) is 30.3 Å². The summed E-state index contributed by atoms with van der Waals surface area (Å²) >= 11 is 5.31. The molecule has 0 aliphatic heterocycles. The lowest BCUT2D eigenvalue weighted by Crippen LogP contribution is -2.34. The number of thiocarbonyl (C=S) groups is 1. The van der Waals surface area contributed by atoms with Crippen LogP contribution in [0.15, 0.2) is 30.3 Å². The molecule has 1 fully saturated rings. The molecule has 0 radical (unpaired) electrons. The van der Waals surface area contributed by atoms with E-state index in [9.17, 15) is 0 Å². The maximum Gasteiger partial charge on any atom is 0.170 e. The van der Waals surface area contributed by atoms with Gasteiger partial charge in [0.25, 0.3) is 0 Å². The monoisotopic (exact) mass is 262 g/mol. The number of benzene rings is 1. The van der Waals surface area contributed by atoms with Gasteiger partial charge in [0.05, 0.1) is 0 Å². The number of hydrogen-bond donors (Lipinski definition) is 2. The molecular formula is C15H22N2S. The van der Waals surface area contributed by atoms with Crippen molar-refractivity contribution >= 4 is 23.0 Å². The molecule has 2 rings (SSSR count). The molecule has 2 nitrogen and oxygen atoms in total. The highest BCUT2D eigenvalue weighted by molar-refractivity contribution is 7.80. The average molecular weight is 262 g/mol. The normalized spacial score (nSPS) is 23.4. The summed E-state index contributed by atoms with van der Waals surface area (Å²) in [6.07, 6.45) is 5.40. The predicted octanol–water partition coefficient (Wildman–Crippen LogP) is 3.80. The first kappa shape index (κ1) is 13.3. The Bertz CT molecular complexity index is 369. The lowest BCUT2D eigenvalue weighted by molar-refractivity contribution is 0.290. The van der Waals surface area contributed by atoms with E-state index in [0.29, 0.717) is 0 Å². The minimum atomic E-state index is 0.736. The Balaban J connectivity index is 1.69. The maximum atomic E-state index is 5.31. The Labute approximate surface area is 115 Å². The van der Waals surface area contributed by atoms with Crippen molar-refractivity contribution in [3.8, 4) is 0 Å². The number of rotatable bonds is 3. The van der Waals surface area contributed by atoms with Crippen LogP contribution in [0.1, 0.15) is 32.6 Å². The van der Waals surface area contributed by atoms with Gasteiger partial charge < -0.3 is 10.6 Å². The molecule has 0 aromatic heterocycles. The molecule has 98 valence electrons. The van der Waals surface area contributed by atoms with E-state index in [0.717, 1.165) is 29.2 Å². The average Bonchev–Trinajstić information content (AvgIpc) is 2.39. The van der Waals surface area contributed by atoms with Gasteiger partial charge in [-0.1, -0.05) is 38.0 Å². The minimum absolute atomic E-state index is 0.736. The number of nitrogens with one attached hydrogen (secondary N) is 2. The lowest BCUT2D eigenvalue weighted by atomic mass is 9.83. The molecule has 1 aliphatic rings. The van der Waals surface area contributed by atoms with Gasteiger partial charge in [0.15, 0.2) is 5.11 Å². The Hall–Kier alpha value is -1.09. The standard InChI is InChI=1S/C15H22N2S/c1-12-7-9-13(10-8-12)11-16-15(18)17-14-5-3-2-4-6-14/h2-6,12-13H,7-11H2,1H3,(H2,16,17,18). The second-order valence-corrected chi connectivity index (χ2v) is 5.74. The van der Waals surface area contributed by atoms with E-state index in [1.165, 1.54) is 25.7 Å². The maximum absolute atomic E-state index is 5.31. The first-order chi connectivity index (χ1) is 8.74. The third-order valence-electron chi connectivity index (χ3n) is 3.72. The van der Waals surface area contributed by atoms with Crippen LogP contribution >= 0.6 is 12.2 Å². The van der Waals surface area contributed by atoms with E-state index < -0.39 is 0 Å².